The predicted octanol–water partition coefficient (Wildman–Crippen LogP) is -0.382. The van der Waals surface area contributed by atoms with Crippen molar-refractivity contribution in [2.45, 2.75) is 6.92 Å². The van der Waals surface area contributed by atoms with Crippen LogP contribution in [0.25, 0.3) is 0 Å². The molecule has 7 heavy (non-hydrogen) atoms. The second-order valence-electron chi connectivity index (χ2n) is 0.963. The van der Waals surface area contributed by atoms with Gasteiger partial charge in [-0.15, -0.1) is 5.73 Å². The average Bonchev–Trinajstić information content (AvgIpc) is 1.68. The highest BCUT2D eigenvalue weighted by atomic mass is 16.5. The van der Waals surface area contributed by atoms with Crippen molar-refractivity contribution < 1.29 is 9.53 Å². The molecule has 0 fully saturated rings. The first-order chi connectivity index (χ1) is 3.31. The monoisotopic (exact) mass is 101 g/mol. The maximum atomic E-state index is 9.94. The lowest BCUT2D eigenvalue weighted by Crippen LogP contribution is -2.09. The summed E-state index contributed by atoms with van der Waals surface area (Å²) < 4.78 is 4.30. The molecule has 0 aromatic carbocycles. The summed E-state index contributed by atoms with van der Waals surface area (Å²) in [5.41, 5.74) is 7.99. The Morgan fingerprint density at radius 2 is 2.43 bits per heavy atom. The Labute approximate surface area is 42.4 Å². The molecule has 0 unspecified atom stereocenters. The van der Waals surface area contributed by atoms with E-state index in [1.54, 1.807) is 6.92 Å². The summed E-state index contributed by atoms with van der Waals surface area (Å²) in [5.74, 6) is -0.567. The summed E-state index contributed by atoms with van der Waals surface area (Å²) in [6.45, 7) is 1.50. The van der Waals surface area contributed by atoms with Gasteiger partial charge in [-0.3, -0.25) is 4.79 Å². The van der Waals surface area contributed by atoms with Crippen LogP contribution in [0.2, 0.25) is 0 Å². The number of ether oxygens (including phenoxy) is 1. The van der Waals surface area contributed by atoms with Gasteiger partial charge in [0.1, 0.15) is 6.54 Å². The van der Waals surface area contributed by atoms with E-state index in [1.165, 1.54) is 0 Å². The van der Waals surface area contributed by atoms with E-state index in [1.807, 2.05) is 0 Å². The van der Waals surface area contributed by atoms with E-state index in [9.17, 15) is 4.79 Å². The molecule has 40 valence electrons. The third-order valence-corrected chi connectivity index (χ3v) is 0.434. The Morgan fingerprint density at radius 1 is 1.86 bits per heavy atom. The van der Waals surface area contributed by atoms with E-state index >= 15 is 0 Å². The molecule has 0 aliphatic rings. The predicted molar refractivity (Wildman–Crippen MR) is 23.6 cm³/mol. The van der Waals surface area contributed by atoms with Gasteiger partial charge in [-0.25, -0.2) is 0 Å². The SMILES string of the molecule is CCOC(=O)C[N]. The summed E-state index contributed by atoms with van der Waals surface area (Å²) in [6, 6.07) is 0. The van der Waals surface area contributed by atoms with E-state index in [0.717, 1.165) is 0 Å². The molecule has 0 aliphatic carbocycles. The van der Waals surface area contributed by atoms with Crippen LogP contribution in [-0.4, -0.2) is 19.1 Å². The Bertz CT molecular complexity index is 62.7. The largest absolute Gasteiger partial charge is 0.465 e. The second-order valence-corrected chi connectivity index (χ2v) is 0.963. The van der Waals surface area contributed by atoms with Crippen molar-refractivity contribution in [3.63, 3.8) is 0 Å². The van der Waals surface area contributed by atoms with Gasteiger partial charge < -0.3 is 4.74 Å². The summed E-state index contributed by atoms with van der Waals surface area (Å²) >= 11 is 0. The van der Waals surface area contributed by atoms with Crippen molar-refractivity contribution in [3.05, 3.63) is 0 Å². The average molecular weight is 101 g/mol. The Kier molecular flexibility index (Phi) is 3.32. The van der Waals surface area contributed by atoms with Crippen LogP contribution >= 0.6 is 0 Å². The number of hydrogen-bond donors (Lipinski definition) is 0. The van der Waals surface area contributed by atoms with Crippen LogP contribution in [-0.2, 0) is 9.53 Å². The number of nitrogens with zero attached hydrogens (tertiary/aromatic N) is 1. The zero-order chi connectivity index (χ0) is 5.70. The quantitative estimate of drug-likeness (QED) is 0.445. The smallest absolute Gasteiger partial charge is 0.323 e. The van der Waals surface area contributed by atoms with Gasteiger partial charge in [0.25, 0.3) is 0 Å². The van der Waals surface area contributed by atoms with Gasteiger partial charge in [-0.2, -0.15) is 0 Å². The number of carbonyl (C=O) groups is 1. The van der Waals surface area contributed by atoms with E-state index in [0.29, 0.717) is 6.61 Å². The molecule has 0 N–H and O–H groups in total. The highest BCUT2D eigenvalue weighted by Gasteiger charge is 1.93. The highest BCUT2D eigenvalue weighted by Crippen LogP contribution is 1.71. The molecule has 0 rings (SSSR count). The molecule has 0 spiro atoms. The lowest BCUT2D eigenvalue weighted by atomic mass is 10.7. The molecule has 0 atom stereocenters. The fourth-order valence-electron chi connectivity index (χ4n) is 0.207. The Morgan fingerprint density at radius 3 is 2.57 bits per heavy atom. The van der Waals surface area contributed by atoms with Gasteiger partial charge in [-0.05, 0) is 6.92 Å². The van der Waals surface area contributed by atoms with Crippen LogP contribution in [0.3, 0.4) is 0 Å². The minimum absolute atomic E-state index is 0.333. The van der Waals surface area contributed by atoms with Gasteiger partial charge in [-0.1, -0.05) is 0 Å². The molecule has 0 amide bonds. The first kappa shape index (κ1) is 6.43. The van der Waals surface area contributed by atoms with E-state index in [2.05, 4.69) is 4.74 Å². The fraction of sp³-hybridized carbons (Fsp3) is 0.750. The topological polar surface area (TPSA) is 48.6 Å². The molecule has 0 heterocycles. The maximum absolute atomic E-state index is 9.94. The first-order valence-corrected chi connectivity index (χ1v) is 2.07. The third kappa shape index (κ3) is 3.26. The Balaban J connectivity index is 3.00. The summed E-state index contributed by atoms with van der Waals surface area (Å²) in [4.78, 5) is 9.94. The van der Waals surface area contributed by atoms with Gasteiger partial charge in [0.05, 0.1) is 6.61 Å². The van der Waals surface area contributed by atoms with E-state index < -0.39 is 12.5 Å². The molecule has 0 bridgehead atoms. The number of esters is 1. The molecular weight excluding hydrogens is 94.0 g/mol. The van der Waals surface area contributed by atoms with Gasteiger partial charge in [0.15, 0.2) is 0 Å². The molecule has 0 saturated carbocycles. The van der Waals surface area contributed by atoms with Gasteiger partial charge in [0, 0.05) is 0 Å². The molecule has 3 nitrogen and oxygen atoms in total. The van der Waals surface area contributed by atoms with Crippen LogP contribution in [0.1, 0.15) is 6.92 Å². The summed E-state index contributed by atoms with van der Waals surface area (Å²) in [6.07, 6.45) is 0. The van der Waals surface area contributed by atoms with Gasteiger partial charge in [0.2, 0.25) is 0 Å². The number of hydrogen-bond acceptors (Lipinski definition) is 2. The normalized spacial score (nSPS) is 8.29. The lowest BCUT2D eigenvalue weighted by molar-refractivity contribution is -0.141. The first-order valence-electron chi connectivity index (χ1n) is 2.07. The molecular formula is C4H7NO2. The zero-order valence-corrected chi connectivity index (χ0v) is 4.18. The van der Waals surface area contributed by atoms with Crippen LogP contribution in [0.5, 0.6) is 0 Å². The van der Waals surface area contributed by atoms with E-state index in [-0.39, 0.29) is 0 Å². The minimum atomic E-state index is -0.567. The van der Waals surface area contributed by atoms with Crippen LogP contribution in [0, 0.1) is 0 Å². The highest BCUT2D eigenvalue weighted by molar-refractivity contribution is 5.71. The fourth-order valence-corrected chi connectivity index (χ4v) is 0.207. The summed E-state index contributed by atoms with van der Waals surface area (Å²) in [5, 5.41) is 0. The molecule has 0 saturated heterocycles. The zero-order valence-electron chi connectivity index (χ0n) is 4.18. The second kappa shape index (κ2) is 3.61. The molecule has 3 heteroatoms. The van der Waals surface area contributed by atoms with Gasteiger partial charge >= 0.3 is 5.97 Å². The van der Waals surface area contributed by atoms with E-state index in [4.69, 9.17) is 5.73 Å². The molecule has 0 aromatic rings. The molecule has 0 aliphatic heterocycles. The number of rotatable bonds is 2. The van der Waals surface area contributed by atoms with Crippen LogP contribution < -0.4 is 5.73 Å². The maximum Gasteiger partial charge on any atom is 0.323 e. The van der Waals surface area contributed by atoms with Crippen molar-refractivity contribution in [1.82, 2.24) is 5.73 Å². The molecule has 0 aromatic heterocycles. The van der Waals surface area contributed by atoms with Crippen molar-refractivity contribution in [2.24, 2.45) is 0 Å². The minimum Gasteiger partial charge on any atom is -0.465 e. The molecule has 2 radical (unpaired) electrons. The lowest BCUT2D eigenvalue weighted by Gasteiger charge is -1.92. The van der Waals surface area contributed by atoms with Crippen molar-refractivity contribution in [3.8, 4) is 0 Å². The Hall–Kier alpha value is -0.570. The number of carbonyl (C=O) groups excluding carboxylic acids is 1. The summed E-state index contributed by atoms with van der Waals surface area (Å²) in [7, 11) is 0. The van der Waals surface area contributed by atoms with Crippen LogP contribution in [0.15, 0.2) is 0 Å². The third-order valence-electron chi connectivity index (χ3n) is 0.434. The standard InChI is InChI=1S/C4H7NO2/c1-2-7-4(6)3-5/h2-3H2,1H3. The van der Waals surface area contributed by atoms with Crippen molar-refractivity contribution in [2.75, 3.05) is 13.2 Å². The van der Waals surface area contributed by atoms with Crippen molar-refractivity contribution >= 4 is 5.97 Å². The van der Waals surface area contributed by atoms with Crippen molar-refractivity contribution in [1.29, 1.82) is 0 Å². The van der Waals surface area contributed by atoms with Crippen LogP contribution in [0.4, 0.5) is 0 Å².